The van der Waals surface area contributed by atoms with Gasteiger partial charge in [0.15, 0.2) is 0 Å². The van der Waals surface area contributed by atoms with E-state index in [9.17, 15) is 4.39 Å². The van der Waals surface area contributed by atoms with Crippen LogP contribution in [-0.2, 0) is 0 Å². The Kier molecular flexibility index (Phi) is 3.09. The molecule has 1 N–H and O–H groups in total. The smallest absolute Gasteiger partial charge is 0.146 e. The molecule has 0 amide bonds. The highest BCUT2D eigenvalue weighted by Gasteiger charge is 2.27. The molecule has 0 radical (unpaired) electrons. The molecule has 1 aliphatic carbocycles. The molecule has 1 aromatic rings. The van der Waals surface area contributed by atoms with Gasteiger partial charge in [-0.2, -0.15) is 5.26 Å². The molecule has 1 fully saturated rings. The minimum atomic E-state index is -0.241. The van der Waals surface area contributed by atoms with Crippen LogP contribution in [0.5, 0.6) is 0 Å². The lowest BCUT2D eigenvalue weighted by Gasteiger charge is -2.17. The number of nitrogens with zero attached hydrogens (tertiary/aromatic N) is 1. The molecule has 0 bridgehead atoms. The van der Waals surface area contributed by atoms with E-state index in [2.05, 4.69) is 11.4 Å². The molecule has 2 rings (SSSR count). The lowest BCUT2D eigenvalue weighted by atomic mass is 10.1. The van der Waals surface area contributed by atoms with Crippen LogP contribution in [0.25, 0.3) is 0 Å². The summed E-state index contributed by atoms with van der Waals surface area (Å²) in [6.45, 7) is 1.93. The molecule has 0 heterocycles. The van der Waals surface area contributed by atoms with E-state index in [1.54, 1.807) is 12.1 Å². The van der Waals surface area contributed by atoms with Gasteiger partial charge in [0.05, 0.1) is 17.7 Å². The lowest BCUT2D eigenvalue weighted by molar-refractivity contribution is 0.602. The molecule has 3 heteroatoms. The fourth-order valence-electron chi connectivity index (χ4n) is 2.24. The third-order valence-corrected chi connectivity index (χ3v) is 3.14. The lowest BCUT2D eigenvalue weighted by Crippen LogP contribution is -2.23. The van der Waals surface area contributed by atoms with Crippen LogP contribution in [0.4, 0.5) is 10.1 Å². The maximum Gasteiger partial charge on any atom is 0.146 e. The van der Waals surface area contributed by atoms with Crippen LogP contribution in [0.2, 0.25) is 0 Å². The molecule has 2 nitrogen and oxygen atoms in total. The Hall–Kier alpha value is -1.56. The van der Waals surface area contributed by atoms with Gasteiger partial charge >= 0.3 is 0 Å². The summed E-state index contributed by atoms with van der Waals surface area (Å²) in [6, 6.07) is 7.39. The molecule has 2 atom stereocenters. The van der Waals surface area contributed by atoms with Crippen molar-refractivity contribution in [1.82, 2.24) is 0 Å². The van der Waals surface area contributed by atoms with Crippen LogP contribution >= 0.6 is 0 Å². The zero-order valence-electron chi connectivity index (χ0n) is 9.33. The Bertz CT molecular complexity index is 422. The van der Waals surface area contributed by atoms with Gasteiger partial charge in [0.25, 0.3) is 0 Å². The zero-order chi connectivity index (χ0) is 11.5. The highest BCUT2D eigenvalue weighted by molar-refractivity contribution is 5.48. The molecule has 0 spiro atoms. The summed E-state index contributed by atoms with van der Waals surface area (Å²) in [6.07, 6.45) is 2.91. The molecule has 1 aromatic carbocycles. The van der Waals surface area contributed by atoms with E-state index in [-0.39, 0.29) is 17.8 Å². The second kappa shape index (κ2) is 4.52. The summed E-state index contributed by atoms with van der Waals surface area (Å²) in [4.78, 5) is 0. The first-order chi connectivity index (χ1) is 7.70. The topological polar surface area (TPSA) is 35.8 Å². The number of halogens is 1. The predicted octanol–water partition coefficient (Wildman–Crippen LogP) is 3.24. The Morgan fingerprint density at radius 2 is 2.25 bits per heavy atom. The summed E-state index contributed by atoms with van der Waals surface area (Å²) in [5.41, 5.74) is 1.54. The highest BCUT2D eigenvalue weighted by Crippen LogP contribution is 2.29. The average Bonchev–Trinajstić information content (AvgIpc) is 2.71. The molecule has 0 saturated heterocycles. The molecular weight excluding hydrogens is 203 g/mol. The Morgan fingerprint density at radius 3 is 3.00 bits per heavy atom. The summed E-state index contributed by atoms with van der Waals surface area (Å²) < 4.78 is 13.5. The minimum absolute atomic E-state index is 0.0138. The van der Waals surface area contributed by atoms with Gasteiger partial charge < -0.3 is 5.32 Å². The van der Waals surface area contributed by atoms with Crippen molar-refractivity contribution >= 4 is 5.69 Å². The van der Waals surface area contributed by atoms with Crippen LogP contribution in [-0.4, -0.2) is 6.04 Å². The minimum Gasteiger partial charge on any atom is -0.379 e. The standard InChI is InChI=1S/C13H15FN2/c1-9-5-6-11(14)13(7-9)16-12-4-2-3-10(12)8-15/h5-7,10,12,16H,2-4H2,1H3. The van der Waals surface area contributed by atoms with E-state index in [1.807, 2.05) is 6.92 Å². The Labute approximate surface area is 95.1 Å². The largest absolute Gasteiger partial charge is 0.379 e. The van der Waals surface area contributed by atoms with Gasteiger partial charge in [-0.15, -0.1) is 0 Å². The second-order valence-electron chi connectivity index (χ2n) is 4.40. The molecule has 16 heavy (non-hydrogen) atoms. The molecular formula is C13H15FN2. The zero-order valence-corrected chi connectivity index (χ0v) is 9.33. The third kappa shape index (κ3) is 2.16. The monoisotopic (exact) mass is 218 g/mol. The number of aryl methyl sites for hydroxylation is 1. The van der Waals surface area contributed by atoms with Crippen molar-refractivity contribution in [2.75, 3.05) is 5.32 Å². The summed E-state index contributed by atoms with van der Waals surface area (Å²) in [5, 5.41) is 12.1. The quantitative estimate of drug-likeness (QED) is 0.827. The van der Waals surface area contributed by atoms with Crippen LogP contribution in [0.15, 0.2) is 18.2 Å². The highest BCUT2D eigenvalue weighted by atomic mass is 19.1. The van der Waals surface area contributed by atoms with Gasteiger partial charge in [-0.1, -0.05) is 6.07 Å². The SMILES string of the molecule is Cc1ccc(F)c(NC2CCCC2C#N)c1. The molecule has 1 aliphatic rings. The van der Waals surface area contributed by atoms with E-state index < -0.39 is 0 Å². The summed E-state index contributed by atoms with van der Waals surface area (Å²) in [5.74, 6) is -0.228. The first-order valence-corrected chi connectivity index (χ1v) is 5.63. The molecule has 1 saturated carbocycles. The molecule has 2 unspecified atom stereocenters. The normalized spacial score (nSPS) is 24.1. The summed E-state index contributed by atoms with van der Waals surface area (Å²) >= 11 is 0. The van der Waals surface area contributed by atoms with Gasteiger partial charge in [-0.3, -0.25) is 0 Å². The first kappa shape index (κ1) is 10.9. The van der Waals surface area contributed by atoms with E-state index in [4.69, 9.17) is 5.26 Å². The molecule has 0 aromatic heterocycles. The van der Waals surface area contributed by atoms with E-state index in [0.29, 0.717) is 5.69 Å². The average molecular weight is 218 g/mol. The van der Waals surface area contributed by atoms with E-state index >= 15 is 0 Å². The fourth-order valence-corrected chi connectivity index (χ4v) is 2.24. The van der Waals surface area contributed by atoms with Crippen molar-refractivity contribution in [2.45, 2.75) is 32.2 Å². The predicted molar refractivity (Wildman–Crippen MR) is 61.5 cm³/mol. The summed E-state index contributed by atoms with van der Waals surface area (Å²) in [7, 11) is 0. The van der Waals surface area contributed by atoms with Crippen molar-refractivity contribution in [3.05, 3.63) is 29.6 Å². The van der Waals surface area contributed by atoms with Crippen molar-refractivity contribution in [1.29, 1.82) is 5.26 Å². The van der Waals surface area contributed by atoms with Crippen molar-refractivity contribution < 1.29 is 4.39 Å². The van der Waals surface area contributed by atoms with Gasteiger partial charge in [0, 0.05) is 6.04 Å². The van der Waals surface area contributed by atoms with Crippen LogP contribution in [0.1, 0.15) is 24.8 Å². The van der Waals surface area contributed by atoms with Gasteiger partial charge in [0.1, 0.15) is 5.82 Å². The van der Waals surface area contributed by atoms with Gasteiger partial charge in [0.2, 0.25) is 0 Å². The Morgan fingerprint density at radius 1 is 1.44 bits per heavy atom. The van der Waals surface area contributed by atoms with E-state index in [0.717, 1.165) is 24.8 Å². The van der Waals surface area contributed by atoms with Gasteiger partial charge in [-0.05, 0) is 43.9 Å². The molecule has 84 valence electrons. The fraction of sp³-hybridized carbons (Fsp3) is 0.462. The van der Waals surface area contributed by atoms with Crippen molar-refractivity contribution in [2.24, 2.45) is 5.92 Å². The number of nitriles is 1. The maximum atomic E-state index is 13.5. The number of nitrogens with one attached hydrogen (secondary N) is 1. The second-order valence-corrected chi connectivity index (χ2v) is 4.40. The number of benzene rings is 1. The number of hydrogen-bond donors (Lipinski definition) is 1. The van der Waals surface area contributed by atoms with E-state index in [1.165, 1.54) is 6.07 Å². The van der Waals surface area contributed by atoms with Crippen LogP contribution < -0.4 is 5.32 Å². The maximum absolute atomic E-state index is 13.5. The van der Waals surface area contributed by atoms with Crippen molar-refractivity contribution in [3.8, 4) is 6.07 Å². The Balaban J connectivity index is 2.14. The van der Waals surface area contributed by atoms with Gasteiger partial charge in [-0.25, -0.2) is 4.39 Å². The number of rotatable bonds is 2. The van der Waals surface area contributed by atoms with Crippen LogP contribution in [0.3, 0.4) is 0 Å². The van der Waals surface area contributed by atoms with Crippen molar-refractivity contribution in [3.63, 3.8) is 0 Å². The first-order valence-electron chi connectivity index (χ1n) is 5.63. The molecule has 0 aliphatic heterocycles. The number of hydrogen-bond acceptors (Lipinski definition) is 2. The van der Waals surface area contributed by atoms with Crippen LogP contribution in [0, 0.1) is 30.0 Å². The number of anilines is 1. The third-order valence-electron chi connectivity index (χ3n) is 3.14.